The summed E-state index contributed by atoms with van der Waals surface area (Å²) in [5.41, 5.74) is 2.10. The maximum atomic E-state index is 12.9. The summed E-state index contributed by atoms with van der Waals surface area (Å²) < 4.78 is 17.3. The number of nitrogens with one attached hydrogen (secondary N) is 1. The Morgan fingerprint density at radius 3 is 2.42 bits per heavy atom. The number of benzene rings is 4. The van der Waals surface area contributed by atoms with Crippen molar-refractivity contribution < 1.29 is 23.9 Å². The highest BCUT2D eigenvalue weighted by Crippen LogP contribution is 2.38. The zero-order valence-electron chi connectivity index (χ0n) is 22.9. The van der Waals surface area contributed by atoms with Crippen LogP contribution in [0.2, 0.25) is 10.0 Å². The molecule has 0 saturated heterocycles. The first kappa shape index (κ1) is 30.9. The summed E-state index contributed by atoms with van der Waals surface area (Å²) in [5.74, 6) is 0.482. The minimum atomic E-state index is -0.618. The molecule has 218 valence electrons. The second-order valence-electron chi connectivity index (χ2n) is 9.01. The molecule has 9 nitrogen and oxygen atoms in total. The molecule has 0 radical (unpaired) electrons. The predicted molar refractivity (Wildman–Crippen MR) is 164 cm³/mol. The highest BCUT2D eigenvalue weighted by molar-refractivity contribution is 6.32. The molecule has 0 bridgehead atoms. The number of ether oxygens (including phenoxy) is 3. The first-order valence-electron chi connectivity index (χ1n) is 13.0. The van der Waals surface area contributed by atoms with E-state index >= 15 is 0 Å². The van der Waals surface area contributed by atoms with Gasteiger partial charge in [-0.25, -0.2) is 0 Å². The van der Waals surface area contributed by atoms with Crippen LogP contribution in [0.3, 0.4) is 0 Å². The molecule has 0 spiro atoms. The van der Waals surface area contributed by atoms with Crippen LogP contribution >= 0.6 is 23.2 Å². The first-order valence-corrected chi connectivity index (χ1v) is 13.7. The minimum Gasteiger partial charge on any atom is -0.490 e. The second kappa shape index (κ2) is 14.7. The third-order valence-electron chi connectivity index (χ3n) is 5.98. The van der Waals surface area contributed by atoms with Gasteiger partial charge in [-0.3, -0.25) is 14.9 Å². The average molecular weight is 618 g/mol. The van der Waals surface area contributed by atoms with Crippen LogP contribution in [0.25, 0.3) is 6.08 Å². The number of carbonyl (C=O) groups is 1. The van der Waals surface area contributed by atoms with Gasteiger partial charge in [-0.15, -0.1) is 0 Å². The maximum absolute atomic E-state index is 12.9. The van der Waals surface area contributed by atoms with Crippen molar-refractivity contribution in [2.75, 3.05) is 11.9 Å². The normalized spacial score (nSPS) is 10.9. The number of nitrogens with zero attached hydrogens (tertiary/aromatic N) is 2. The van der Waals surface area contributed by atoms with Crippen LogP contribution in [0.15, 0.2) is 90.5 Å². The van der Waals surface area contributed by atoms with E-state index in [4.69, 9.17) is 37.4 Å². The molecule has 0 aliphatic rings. The Bertz CT molecular complexity index is 1700. The van der Waals surface area contributed by atoms with E-state index < -0.39 is 10.8 Å². The fourth-order valence-corrected chi connectivity index (χ4v) is 4.38. The van der Waals surface area contributed by atoms with Gasteiger partial charge in [0.25, 0.3) is 11.6 Å². The molecule has 4 rings (SSSR count). The van der Waals surface area contributed by atoms with E-state index in [1.807, 2.05) is 24.3 Å². The molecule has 11 heteroatoms. The maximum Gasteiger partial charge on any atom is 0.269 e. The number of halogens is 2. The number of hydrogen-bond donors (Lipinski definition) is 1. The molecule has 4 aromatic rings. The van der Waals surface area contributed by atoms with Gasteiger partial charge in [0.1, 0.15) is 30.6 Å². The zero-order chi connectivity index (χ0) is 30.8. The number of nitro benzene ring substituents is 1. The Balaban J connectivity index is 1.45. The SMILES string of the molecule is CCOc1cc(/C=C(\C#N)C(=O)Nc2ccc(OCc3ccccc3Cl)cc2)cc(Cl)c1OCc1cccc([N+](=O)[O-])c1. The third-order valence-corrected chi connectivity index (χ3v) is 6.63. The van der Waals surface area contributed by atoms with E-state index in [1.54, 1.807) is 55.5 Å². The zero-order valence-corrected chi connectivity index (χ0v) is 24.4. The minimum absolute atomic E-state index is 0.00629. The number of non-ortho nitro benzene ring substituents is 1. The van der Waals surface area contributed by atoms with Crippen molar-refractivity contribution in [3.8, 4) is 23.3 Å². The number of amides is 1. The van der Waals surface area contributed by atoms with Gasteiger partial charge in [-0.2, -0.15) is 5.26 Å². The lowest BCUT2D eigenvalue weighted by Crippen LogP contribution is -2.13. The molecule has 1 N–H and O–H groups in total. The summed E-state index contributed by atoms with van der Waals surface area (Å²) in [6, 6.07) is 25.2. The molecule has 4 aromatic carbocycles. The third kappa shape index (κ3) is 8.49. The lowest BCUT2D eigenvalue weighted by atomic mass is 10.1. The first-order chi connectivity index (χ1) is 20.8. The van der Waals surface area contributed by atoms with Gasteiger partial charge in [0.2, 0.25) is 0 Å². The summed E-state index contributed by atoms with van der Waals surface area (Å²) in [6.45, 7) is 2.37. The largest absolute Gasteiger partial charge is 0.490 e. The van der Waals surface area contributed by atoms with Crippen molar-refractivity contribution in [1.29, 1.82) is 5.26 Å². The number of hydrogen-bond acceptors (Lipinski definition) is 7. The van der Waals surface area contributed by atoms with Crippen LogP contribution in [0.5, 0.6) is 17.2 Å². The topological polar surface area (TPSA) is 124 Å². The molecule has 0 aliphatic heterocycles. The lowest BCUT2D eigenvalue weighted by Gasteiger charge is -2.15. The number of nitro groups is 1. The molecule has 0 aliphatic carbocycles. The number of carbonyl (C=O) groups excluding carboxylic acids is 1. The highest BCUT2D eigenvalue weighted by atomic mass is 35.5. The molecule has 0 heterocycles. The fraction of sp³-hybridized carbons (Fsp3) is 0.125. The van der Waals surface area contributed by atoms with Crippen molar-refractivity contribution in [3.05, 3.63) is 127 Å². The number of anilines is 1. The fourth-order valence-electron chi connectivity index (χ4n) is 3.91. The molecule has 0 atom stereocenters. The van der Waals surface area contributed by atoms with E-state index in [9.17, 15) is 20.2 Å². The Labute approximate surface area is 258 Å². The Morgan fingerprint density at radius 2 is 1.72 bits per heavy atom. The Morgan fingerprint density at radius 1 is 0.953 bits per heavy atom. The van der Waals surface area contributed by atoms with Crippen molar-refractivity contribution in [1.82, 2.24) is 0 Å². The number of nitriles is 1. The molecule has 1 amide bonds. The predicted octanol–water partition coefficient (Wildman–Crippen LogP) is 8.00. The van der Waals surface area contributed by atoms with Crippen LogP contribution < -0.4 is 19.5 Å². The van der Waals surface area contributed by atoms with Crippen molar-refractivity contribution in [2.24, 2.45) is 0 Å². The molecule has 43 heavy (non-hydrogen) atoms. The van der Waals surface area contributed by atoms with Crippen molar-refractivity contribution >= 4 is 46.6 Å². The smallest absolute Gasteiger partial charge is 0.269 e. The average Bonchev–Trinajstić information content (AvgIpc) is 3.00. The quantitative estimate of drug-likeness (QED) is 0.0738. The molecule has 0 unspecified atom stereocenters. The van der Waals surface area contributed by atoms with Crippen LogP contribution in [0.1, 0.15) is 23.6 Å². The van der Waals surface area contributed by atoms with E-state index in [2.05, 4.69) is 5.32 Å². The van der Waals surface area contributed by atoms with Gasteiger partial charge >= 0.3 is 0 Å². The van der Waals surface area contributed by atoms with Gasteiger partial charge in [-0.05, 0) is 66.6 Å². The van der Waals surface area contributed by atoms with Gasteiger partial charge in [0.05, 0.1) is 16.6 Å². The second-order valence-corrected chi connectivity index (χ2v) is 9.82. The van der Waals surface area contributed by atoms with Gasteiger partial charge < -0.3 is 19.5 Å². The molecular formula is C32H25Cl2N3O6. The van der Waals surface area contributed by atoms with Crippen LogP contribution in [-0.2, 0) is 18.0 Å². The van der Waals surface area contributed by atoms with Crippen LogP contribution in [-0.4, -0.2) is 17.4 Å². The molecule has 0 saturated carbocycles. The summed E-state index contributed by atoms with van der Waals surface area (Å²) in [6.07, 6.45) is 1.38. The van der Waals surface area contributed by atoms with E-state index in [0.717, 1.165) is 5.56 Å². The van der Waals surface area contributed by atoms with Crippen molar-refractivity contribution in [3.63, 3.8) is 0 Å². The van der Waals surface area contributed by atoms with Crippen LogP contribution in [0, 0.1) is 21.4 Å². The lowest BCUT2D eigenvalue weighted by molar-refractivity contribution is -0.384. The van der Waals surface area contributed by atoms with Gasteiger partial charge in [0, 0.05) is 28.4 Å². The summed E-state index contributed by atoms with van der Waals surface area (Å²) in [4.78, 5) is 23.5. The summed E-state index contributed by atoms with van der Waals surface area (Å²) in [7, 11) is 0. The van der Waals surface area contributed by atoms with Gasteiger partial charge in [0.15, 0.2) is 11.5 Å². The van der Waals surface area contributed by atoms with Crippen molar-refractivity contribution in [2.45, 2.75) is 20.1 Å². The van der Waals surface area contributed by atoms with Gasteiger partial charge in [-0.1, -0.05) is 53.5 Å². The highest BCUT2D eigenvalue weighted by Gasteiger charge is 2.16. The van der Waals surface area contributed by atoms with Crippen LogP contribution in [0.4, 0.5) is 11.4 Å². The Hall–Kier alpha value is -5.04. The monoisotopic (exact) mass is 617 g/mol. The number of rotatable bonds is 12. The van der Waals surface area contributed by atoms with E-state index in [0.29, 0.717) is 34.2 Å². The Kier molecular flexibility index (Phi) is 10.6. The standard InChI is InChI=1S/C32H25Cl2N3O6/c1-2-41-30-17-22(16-29(34)31(30)43-19-21-6-5-8-26(15-21)37(39)40)14-24(18-35)32(38)36-25-10-12-27(13-11-25)42-20-23-7-3-4-9-28(23)33/h3-17H,2,19-20H2,1H3,(H,36,38)/b24-14+. The summed E-state index contributed by atoms with van der Waals surface area (Å²) in [5, 5.41) is 24.3. The molecular weight excluding hydrogens is 593 g/mol. The van der Waals surface area contributed by atoms with E-state index in [-0.39, 0.29) is 41.0 Å². The molecule has 0 aromatic heterocycles. The summed E-state index contributed by atoms with van der Waals surface area (Å²) >= 11 is 12.7. The molecule has 0 fully saturated rings. The van der Waals surface area contributed by atoms with E-state index in [1.165, 1.54) is 24.3 Å².